The molecule has 0 fully saturated rings. The summed E-state index contributed by atoms with van der Waals surface area (Å²) in [6.45, 7) is 5.41. The van der Waals surface area contributed by atoms with E-state index in [0.29, 0.717) is 6.61 Å². The van der Waals surface area contributed by atoms with Crippen LogP contribution in [-0.2, 0) is 4.74 Å². The maximum absolute atomic E-state index is 5.76. The number of hydrogen-bond donors (Lipinski definition) is 0. The zero-order valence-electron chi connectivity index (χ0n) is 8.16. The molecule has 13 heavy (non-hydrogen) atoms. The van der Waals surface area contributed by atoms with Crippen LogP contribution in [0, 0.1) is 5.92 Å². The second-order valence-electron chi connectivity index (χ2n) is 3.08. The van der Waals surface area contributed by atoms with Crippen LogP contribution in [0.2, 0.25) is 0 Å². The molecule has 0 amide bonds. The van der Waals surface area contributed by atoms with Gasteiger partial charge in [-0.3, -0.25) is 0 Å². The summed E-state index contributed by atoms with van der Waals surface area (Å²) in [5.41, 5.74) is 0. The van der Waals surface area contributed by atoms with Crippen LogP contribution < -0.4 is 0 Å². The molecule has 80 valence electrons. The molecule has 0 spiro atoms. The smallest absolute Gasteiger partial charge is 0.195 e. The van der Waals surface area contributed by atoms with Crippen molar-refractivity contribution in [3.05, 3.63) is 0 Å². The highest BCUT2D eigenvalue weighted by Gasteiger charge is 2.30. The van der Waals surface area contributed by atoms with Gasteiger partial charge in [0.15, 0.2) is 3.79 Å². The van der Waals surface area contributed by atoms with Crippen molar-refractivity contribution in [2.45, 2.75) is 36.9 Å². The molecule has 0 aliphatic carbocycles. The number of alkyl halides is 3. The Morgan fingerprint density at radius 2 is 1.85 bits per heavy atom. The number of halogens is 3. The fraction of sp³-hybridized carbons (Fsp3) is 1.00. The van der Waals surface area contributed by atoms with Crippen molar-refractivity contribution in [1.29, 1.82) is 0 Å². The minimum absolute atomic E-state index is 0.00523. The van der Waals surface area contributed by atoms with E-state index in [2.05, 4.69) is 6.92 Å². The lowest BCUT2D eigenvalue weighted by molar-refractivity contribution is 0.0967. The van der Waals surface area contributed by atoms with Gasteiger partial charge in [0.05, 0.1) is 6.61 Å². The molecule has 0 bridgehead atoms. The molecule has 0 heterocycles. The van der Waals surface area contributed by atoms with Crippen molar-refractivity contribution in [2.24, 2.45) is 5.92 Å². The highest BCUT2D eigenvalue weighted by molar-refractivity contribution is 6.67. The van der Waals surface area contributed by atoms with Crippen molar-refractivity contribution in [2.75, 3.05) is 13.2 Å². The molecule has 1 unspecified atom stereocenters. The average molecular weight is 248 g/mol. The molecular weight excluding hydrogens is 230 g/mol. The molecular formula is C9H17Cl3O. The molecule has 1 atom stereocenters. The highest BCUT2D eigenvalue weighted by Crippen LogP contribution is 2.36. The Morgan fingerprint density at radius 1 is 1.23 bits per heavy atom. The average Bonchev–Trinajstić information content (AvgIpc) is 2.02. The first-order valence-electron chi connectivity index (χ1n) is 4.66. The fourth-order valence-corrected chi connectivity index (χ4v) is 1.57. The van der Waals surface area contributed by atoms with Crippen LogP contribution in [0.3, 0.4) is 0 Å². The Balaban J connectivity index is 3.61. The lowest BCUT2D eigenvalue weighted by Crippen LogP contribution is -2.24. The molecule has 0 saturated carbocycles. The summed E-state index contributed by atoms with van der Waals surface area (Å²) in [4.78, 5) is 0. The van der Waals surface area contributed by atoms with Gasteiger partial charge in [0.1, 0.15) is 0 Å². The van der Waals surface area contributed by atoms with Crippen LogP contribution in [-0.4, -0.2) is 17.0 Å². The monoisotopic (exact) mass is 246 g/mol. The summed E-state index contributed by atoms with van der Waals surface area (Å²) in [6, 6.07) is 0. The molecule has 0 saturated heterocycles. The third kappa shape index (κ3) is 6.84. The van der Waals surface area contributed by atoms with E-state index in [9.17, 15) is 0 Å². The first-order valence-corrected chi connectivity index (χ1v) is 5.80. The first kappa shape index (κ1) is 13.8. The fourth-order valence-electron chi connectivity index (χ4n) is 0.916. The summed E-state index contributed by atoms with van der Waals surface area (Å²) >= 11 is 17.3. The van der Waals surface area contributed by atoms with Gasteiger partial charge in [0.2, 0.25) is 0 Å². The van der Waals surface area contributed by atoms with Gasteiger partial charge < -0.3 is 4.74 Å². The SMILES string of the molecule is CCCCOCC(CC)C(Cl)(Cl)Cl. The molecule has 0 aromatic rings. The van der Waals surface area contributed by atoms with Gasteiger partial charge in [-0.25, -0.2) is 0 Å². The number of unbranched alkanes of at least 4 members (excludes halogenated alkanes) is 1. The van der Waals surface area contributed by atoms with Gasteiger partial charge in [-0.1, -0.05) is 55.1 Å². The molecule has 0 N–H and O–H groups in total. The maximum Gasteiger partial charge on any atom is 0.195 e. The predicted octanol–water partition coefficient (Wildman–Crippen LogP) is 4.20. The molecule has 0 aromatic carbocycles. The first-order chi connectivity index (χ1) is 6.02. The molecule has 0 radical (unpaired) electrons. The van der Waals surface area contributed by atoms with Crippen LogP contribution in [0.25, 0.3) is 0 Å². The Bertz CT molecular complexity index is 123. The van der Waals surface area contributed by atoms with E-state index in [1.54, 1.807) is 0 Å². The third-order valence-electron chi connectivity index (χ3n) is 1.92. The van der Waals surface area contributed by atoms with Crippen molar-refractivity contribution in [3.8, 4) is 0 Å². The van der Waals surface area contributed by atoms with E-state index >= 15 is 0 Å². The molecule has 0 aliphatic rings. The largest absolute Gasteiger partial charge is 0.381 e. The van der Waals surface area contributed by atoms with Gasteiger partial charge in [0.25, 0.3) is 0 Å². The van der Waals surface area contributed by atoms with Crippen molar-refractivity contribution >= 4 is 34.8 Å². The second-order valence-corrected chi connectivity index (χ2v) is 5.44. The molecule has 0 aromatic heterocycles. The van der Waals surface area contributed by atoms with Gasteiger partial charge in [-0.05, 0) is 12.8 Å². The topological polar surface area (TPSA) is 9.23 Å². The third-order valence-corrected chi connectivity index (χ3v) is 2.84. The van der Waals surface area contributed by atoms with E-state index in [1.807, 2.05) is 6.92 Å². The van der Waals surface area contributed by atoms with Gasteiger partial charge in [0, 0.05) is 12.5 Å². The number of ether oxygens (including phenoxy) is 1. The summed E-state index contributed by atoms with van der Waals surface area (Å²) in [5.74, 6) is -0.00523. The Kier molecular flexibility index (Phi) is 7.62. The van der Waals surface area contributed by atoms with Gasteiger partial charge in [-0.2, -0.15) is 0 Å². The zero-order chi connectivity index (χ0) is 10.3. The lowest BCUT2D eigenvalue weighted by atomic mass is 10.1. The second kappa shape index (κ2) is 7.17. The predicted molar refractivity (Wildman–Crippen MR) is 59.8 cm³/mol. The van der Waals surface area contributed by atoms with Crippen molar-refractivity contribution < 1.29 is 4.74 Å². The summed E-state index contributed by atoms with van der Waals surface area (Å²) in [7, 11) is 0. The highest BCUT2D eigenvalue weighted by atomic mass is 35.6. The van der Waals surface area contributed by atoms with Crippen LogP contribution in [0.15, 0.2) is 0 Å². The van der Waals surface area contributed by atoms with Crippen molar-refractivity contribution in [1.82, 2.24) is 0 Å². The number of rotatable bonds is 6. The summed E-state index contributed by atoms with van der Waals surface area (Å²) in [6.07, 6.45) is 3.02. The summed E-state index contributed by atoms with van der Waals surface area (Å²) < 4.78 is 4.21. The molecule has 0 rings (SSSR count). The van der Waals surface area contributed by atoms with E-state index < -0.39 is 3.79 Å². The molecule has 1 nitrogen and oxygen atoms in total. The van der Waals surface area contributed by atoms with Crippen LogP contribution in [0.1, 0.15) is 33.1 Å². The standard InChI is InChI=1S/C9H17Cl3O/c1-3-5-6-13-7-8(4-2)9(10,11)12/h8H,3-7H2,1-2H3. The van der Waals surface area contributed by atoms with Crippen LogP contribution >= 0.6 is 34.8 Å². The number of hydrogen-bond acceptors (Lipinski definition) is 1. The van der Waals surface area contributed by atoms with E-state index in [-0.39, 0.29) is 5.92 Å². The zero-order valence-corrected chi connectivity index (χ0v) is 10.4. The Labute approximate surface area is 95.7 Å². The normalized spacial score (nSPS) is 14.5. The lowest BCUT2D eigenvalue weighted by Gasteiger charge is -2.22. The Hall–Kier alpha value is 0.830. The Morgan fingerprint density at radius 3 is 2.23 bits per heavy atom. The minimum Gasteiger partial charge on any atom is -0.381 e. The van der Waals surface area contributed by atoms with Gasteiger partial charge >= 0.3 is 0 Å². The van der Waals surface area contributed by atoms with Crippen molar-refractivity contribution in [3.63, 3.8) is 0 Å². The van der Waals surface area contributed by atoms with E-state index in [0.717, 1.165) is 25.9 Å². The summed E-state index contributed by atoms with van der Waals surface area (Å²) in [5, 5.41) is 0. The van der Waals surface area contributed by atoms with Crippen LogP contribution in [0.5, 0.6) is 0 Å². The van der Waals surface area contributed by atoms with E-state index in [4.69, 9.17) is 39.5 Å². The molecule has 0 aliphatic heterocycles. The quantitative estimate of drug-likeness (QED) is 0.505. The minimum atomic E-state index is -1.19. The van der Waals surface area contributed by atoms with E-state index in [1.165, 1.54) is 0 Å². The molecule has 4 heteroatoms. The maximum atomic E-state index is 5.76. The van der Waals surface area contributed by atoms with Gasteiger partial charge in [-0.15, -0.1) is 0 Å². The van der Waals surface area contributed by atoms with Crippen LogP contribution in [0.4, 0.5) is 0 Å².